The number of hydrogen-bond donors (Lipinski definition) is 1. The van der Waals surface area contributed by atoms with E-state index >= 15 is 0 Å². The number of carboxylic acid groups (broad SMARTS) is 1. The van der Waals surface area contributed by atoms with Gasteiger partial charge in [0.05, 0.1) is 42.1 Å². The Hall–Kier alpha value is -4.28. The van der Waals surface area contributed by atoms with Crippen molar-refractivity contribution < 1.29 is 28.2 Å². The van der Waals surface area contributed by atoms with Crippen LogP contribution in [-0.2, 0) is 24.4 Å². The molecule has 0 saturated carbocycles. The van der Waals surface area contributed by atoms with Crippen molar-refractivity contribution in [3.63, 3.8) is 0 Å². The highest BCUT2D eigenvalue weighted by Gasteiger charge is 2.26. The second-order valence-corrected chi connectivity index (χ2v) is 11.0. The predicted molar refractivity (Wildman–Crippen MR) is 153 cm³/mol. The van der Waals surface area contributed by atoms with Gasteiger partial charge in [-0.3, -0.25) is 4.90 Å². The number of aromatic nitrogens is 3. The number of halogens is 1. The maximum absolute atomic E-state index is 14.8. The number of hydrogen-bond acceptors (Lipinski definition) is 7. The molecule has 9 nitrogen and oxygen atoms in total. The highest BCUT2D eigenvalue weighted by molar-refractivity contribution is 5.92. The lowest BCUT2D eigenvalue weighted by molar-refractivity contribution is -0.0592. The monoisotopic (exact) mass is 570 g/mol. The zero-order valence-electron chi connectivity index (χ0n) is 23.0. The molecule has 3 aromatic heterocycles. The van der Waals surface area contributed by atoms with Crippen molar-refractivity contribution >= 4 is 28.0 Å². The Kier molecular flexibility index (Phi) is 7.09. The molecule has 0 radical (unpaired) electrons. The number of furan rings is 1. The summed E-state index contributed by atoms with van der Waals surface area (Å²) in [4.78, 5) is 23.6. The number of aromatic carboxylic acids is 1. The molecule has 2 aromatic carbocycles. The van der Waals surface area contributed by atoms with Crippen LogP contribution in [0.5, 0.6) is 5.88 Å². The molecule has 42 heavy (non-hydrogen) atoms. The van der Waals surface area contributed by atoms with Crippen LogP contribution in [0.2, 0.25) is 0 Å². The van der Waals surface area contributed by atoms with E-state index in [9.17, 15) is 14.3 Å². The molecule has 5 heterocycles. The van der Waals surface area contributed by atoms with Gasteiger partial charge in [-0.15, -0.1) is 0 Å². The van der Waals surface area contributed by atoms with Gasteiger partial charge in [0, 0.05) is 35.2 Å². The van der Waals surface area contributed by atoms with Crippen LogP contribution in [0.4, 0.5) is 4.39 Å². The number of rotatable bonds is 9. The number of carboxylic acids is 1. The quantitative estimate of drug-likeness (QED) is 0.239. The lowest BCUT2D eigenvalue weighted by Gasteiger charge is -2.32. The number of pyridine rings is 1. The number of likely N-dealkylation sites (tertiary alicyclic amines) is 1. The molecule has 7 rings (SSSR count). The van der Waals surface area contributed by atoms with Crippen LogP contribution < -0.4 is 4.74 Å². The first-order valence-corrected chi connectivity index (χ1v) is 14.3. The summed E-state index contributed by atoms with van der Waals surface area (Å²) in [5.41, 5.74) is 3.53. The van der Waals surface area contributed by atoms with Gasteiger partial charge in [0.15, 0.2) is 11.4 Å². The van der Waals surface area contributed by atoms with Gasteiger partial charge in [-0.25, -0.2) is 19.2 Å². The van der Waals surface area contributed by atoms with E-state index in [1.165, 1.54) is 6.26 Å². The van der Waals surface area contributed by atoms with Gasteiger partial charge < -0.3 is 23.6 Å². The average molecular weight is 571 g/mol. The third-order valence-electron chi connectivity index (χ3n) is 8.39. The Morgan fingerprint density at radius 3 is 2.71 bits per heavy atom. The molecule has 10 heteroatoms. The number of ether oxygens (including phenoxy) is 2. The van der Waals surface area contributed by atoms with E-state index in [1.807, 2.05) is 18.2 Å². The lowest BCUT2D eigenvalue weighted by Crippen LogP contribution is -2.35. The number of piperidine rings is 1. The number of benzene rings is 2. The third-order valence-corrected chi connectivity index (χ3v) is 8.39. The fraction of sp³-hybridized carbons (Fsp3) is 0.344. The number of carbonyl (C=O) groups is 1. The summed E-state index contributed by atoms with van der Waals surface area (Å²) in [6.45, 7) is 3.95. The first-order chi connectivity index (χ1) is 20.5. The summed E-state index contributed by atoms with van der Waals surface area (Å²) < 4.78 is 33.7. The van der Waals surface area contributed by atoms with Gasteiger partial charge in [0.1, 0.15) is 12.4 Å². The van der Waals surface area contributed by atoms with Gasteiger partial charge in [0.2, 0.25) is 5.88 Å². The standard InChI is InChI=1S/C32H31FN4O5/c33-30-23(5-4-21-10-14-41-31(21)30)19-42-29-3-1-2-25(35-29)20-8-12-36(13-9-20)18-28-34-26-7-6-22(32(38)39)16-27(26)37(28)17-24-11-15-40-24/h1-7,10,14,16,20,24H,8-9,11-13,15,17-19H2,(H,38,39)/t24-/m0/s1. The van der Waals surface area contributed by atoms with E-state index < -0.39 is 11.8 Å². The van der Waals surface area contributed by atoms with Gasteiger partial charge in [-0.1, -0.05) is 18.2 Å². The number of fused-ring (bicyclic) bond motifs is 2. The molecule has 0 bridgehead atoms. The second-order valence-electron chi connectivity index (χ2n) is 11.0. The van der Waals surface area contributed by atoms with Crippen molar-refractivity contribution in [2.24, 2.45) is 0 Å². The largest absolute Gasteiger partial charge is 0.478 e. The van der Waals surface area contributed by atoms with E-state index in [4.69, 9.17) is 23.9 Å². The van der Waals surface area contributed by atoms with E-state index in [0.29, 0.717) is 30.5 Å². The van der Waals surface area contributed by atoms with Crippen LogP contribution in [0.15, 0.2) is 65.3 Å². The molecule has 0 spiro atoms. The van der Waals surface area contributed by atoms with Crippen molar-refractivity contribution in [2.45, 2.75) is 51.0 Å². The average Bonchev–Trinajstić information content (AvgIpc) is 3.60. The lowest BCUT2D eigenvalue weighted by atomic mass is 9.93. The molecular formula is C32H31FN4O5. The fourth-order valence-corrected chi connectivity index (χ4v) is 5.89. The van der Waals surface area contributed by atoms with Crippen LogP contribution in [0.3, 0.4) is 0 Å². The zero-order chi connectivity index (χ0) is 28.6. The van der Waals surface area contributed by atoms with Crippen molar-refractivity contribution in [2.75, 3.05) is 19.7 Å². The Labute approximate surface area is 241 Å². The van der Waals surface area contributed by atoms with Gasteiger partial charge in [-0.05, 0) is 62.7 Å². The van der Waals surface area contributed by atoms with Crippen molar-refractivity contribution in [3.8, 4) is 5.88 Å². The summed E-state index contributed by atoms with van der Waals surface area (Å²) >= 11 is 0. The number of imidazole rings is 1. The second kappa shape index (κ2) is 11.2. The molecule has 0 unspecified atom stereocenters. The molecule has 2 fully saturated rings. The molecule has 5 aromatic rings. The zero-order valence-corrected chi connectivity index (χ0v) is 23.0. The Morgan fingerprint density at radius 2 is 1.93 bits per heavy atom. The van der Waals surface area contributed by atoms with Crippen LogP contribution in [0.1, 0.15) is 52.6 Å². The highest BCUT2D eigenvalue weighted by atomic mass is 19.1. The van der Waals surface area contributed by atoms with Crippen LogP contribution in [-0.4, -0.2) is 56.3 Å². The van der Waals surface area contributed by atoms with Crippen LogP contribution in [0.25, 0.3) is 22.0 Å². The fourth-order valence-electron chi connectivity index (χ4n) is 5.89. The molecule has 0 aliphatic carbocycles. The molecule has 1 atom stereocenters. The normalized spacial score (nSPS) is 18.0. The molecule has 1 N–H and O–H groups in total. The summed E-state index contributed by atoms with van der Waals surface area (Å²) in [5.74, 6) is 0.341. The summed E-state index contributed by atoms with van der Waals surface area (Å²) in [5, 5.41) is 10.2. The van der Waals surface area contributed by atoms with E-state index in [1.54, 1.807) is 36.4 Å². The summed E-state index contributed by atoms with van der Waals surface area (Å²) in [6.07, 6.45) is 4.48. The van der Waals surface area contributed by atoms with Crippen LogP contribution in [0, 0.1) is 5.82 Å². The highest BCUT2D eigenvalue weighted by Crippen LogP contribution is 2.30. The first-order valence-electron chi connectivity index (χ1n) is 14.3. The van der Waals surface area contributed by atoms with Crippen molar-refractivity contribution in [1.29, 1.82) is 0 Å². The van der Waals surface area contributed by atoms with E-state index in [2.05, 4.69) is 9.47 Å². The molecule has 2 aliphatic heterocycles. The van der Waals surface area contributed by atoms with Gasteiger partial charge in [-0.2, -0.15) is 0 Å². The van der Waals surface area contributed by atoms with Crippen molar-refractivity contribution in [3.05, 3.63) is 89.3 Å². The first kappa shape index (κ1) is 26.6. The minimum atomic E-state index is -0.946. The predicted octanol–water partition coefficient (Wildman–Crippen LogP) is 5.76. The molecule has 2 aliphatic rings. The summed E-state index contributed by atoms with van der Waals surface area (Å²) in [6, 6.07) is 16.1. The maximum Gasteiger partial charge on any atom is 0.335 e. The number of nitrogens with zero attached hydrogens (tertiary/aromatic N) is 4. The Bertz CT molecular complexity index is 1750. The maximum atomic E-state index is 14.8. The SMILES string of the molecule is O=C(O)c1ccc2nc(CN3CCC(c4cccc(OCc5ccc6ccoc6c5F)n4)CC3)n(C[C@@H]3CCO3)c2c1. The molecular weight excluding hydrogens is 539 g/mol. The van der Waals surface area contributed by atoms with Gasteiger partial charge in [0.25, 0.3) is 0 Å². The topological polar surface area (TPSA) is 103 Å². The Morgan fingerprint density at radius 1 is 1.07 bits per heavy atom. The van der Waals surface area contributed by atoms with E-state index in [-0.39, 0.29) is 23.9 Å². The van der Waals surface area contributed by atoms with Crippen molar-refractivity contribution in [1.82, 2.24) is 19.4 Å². The minimum absolute atomic E-state index is 0.0677. The smallest absolute Gasteiger partial charge is 0.335 e. The summed E-state index contributed by atoms with van der Waals surface area (Å²) in [7, 11) is 0. The minimum Gasteiger partial charge on any atom is -0.478 e. The van der Waals surface area contributed by atoms with E-state index in [0.717, 1.165) is 66.9 Å². The van der Waals surface area contributed by atoms with Gasteiger partial charge >= 0.3 is 5.97 Å². The molecule has 216 valence electrons. The van der Waals surface area contributed by atoms with Crippen LogP contribution >= 0.6 is 0 Å². The third kappa shape index (κ3) is 5.23. The molecule has 2 saturated heterocycles. The Balaban J connectivity index is 1.01. The molecule has 0 amide bonds.